The van der Waals surface area contributed by atoms with Crippen molar-refractivity contribution in [1.82, 2.24) is 0 Å². The van der Waals surface area contributed by atoms with Crippen LogP contribution in [0.3, 0.4) is 0 Å². The Morgan fingerprint density at radius 1 is 1.36 bits per heavy atom. The molecule has 0 aliphatic carbocycles. The van der Waals surface area contributed by atoms with Crippen molar-refractivity contribution in [2.75, 3.05) is 6.61 Å². The van der Waals surface area contributed by atoms with Gasteiger partial charge in [0, 0.05) is 5.56 Å². The average Bonchev–Trinajstić information content (AvgIpc) is 2.38. The summed E-state index contributed by atoms with van der Waals surface area (Å²) in [4.78, 5) is 11.4. The Kier molecular flexibility index (Phi) is 5.68. The third-order valence-corrected chi connectivity index (χ3v) is 2.46. The fourth-order valence-corrected chi connectivity index (χ4v) is 1.66. The first-order valence-corrected chi connectivity index (χ1v) is 5.93. The number of nitrogens with zero attached hydrogens (tertiary/aromatic N) is 1. The van der Waals surface area contributed by atoms with Crippen molar-refractivity contribution in [2.45, 2.75) is 26.1 Å². The normalized spacial score (nSPS) is 11.2. The molecule has 0 saturated heterocycles. The highest BCUT2D eigenvalue weighted by molar-refractivity contribution is 5.74. The van der Waals surface area contributed by atoms with Gasteiger partial charge in [-0.3, -0.25) is 4.79 Å². The van der Waals surface area contributed by atoms with E-state index in [4.69, 9.17) is 5.26 Å². The number of carbonyl (C=O) groups is 1. The average molecular weight is 323 g/mol. The zero-order chi connectivity index (χ0) is 16.9. The van der Waals surface area contributed by atoms with Gasteiger partial charge in [-0.05, 0) is 19.1 Å². The summed E-state index contributed by atoms with van der Waals surface area (Å²) in [6.07, 6.45) is -5.53. The molecule has 1 aromatic carbocycles. The third-order valence-electron chi connectivity index (χ3n) is 2.46. The SMILES string of the molecule is CCOC(=O)Cc1cc(C(F)(F)F)cc(C#N)c1OC(F)F. The van der Waals surface area contributed by atoms with Crippen LogP contribution in [-0.2, 0) is 22.1 Å². The molecule has 0 aromatic heterocycles. The third kappa shape index (κ3) is 4.58. The number of hydrogen-bond acceptors (Lipinski definition) is 4. The van der Waals surface area contributed by atoms with Crippen molar-refractivity contribution < 1.29 is 36.2 Å². The van der Waals surface area contributed by atoms with Gasteiger partial charge in [-0.25, -0.2) is 0 Å². The van der Waals surface area contributed by atoms with Crippen molar-refractivity contribution in [3.63, 3.8) is 0 Å². The molecule has 22 heavy (non-hydrogen) atoms. The Hall–Kier alpha value is -2.37. The molecule has 0 aliphatic heterocycles. The number of carbonyl (C=O) groups excluding carboxylic acids is 1. The van der Waals surface area contributed by atoms with Crippen LogP contribution in [0.1, 0.15) is 23.6 Å². The Morgan fingerprint density at radius 3 is 2.45 bits per heavy atom. The van der Waals surface area contributed by atoms with Crippen molar-refractivity contribution >= 4 is 5.97 Å². The lowest BCUT2D eigenvalue weighted by molar-refractivity contribution is -0.143. The quantitative estimate of drug-likeness (QED) is 0.616. The van der Waals surface area contributed by atoms with E-state index < -0.39 is 47.6 Å². The minimum atomic E-state index is -4.81. The van der Waals surface area contributed by atoms with Gasteiger partial charge in [-0.2, -0.15) is 27.2 Å². The molecule has 0 spiro atoms. The van der Waals surface area contributed by atoms with Gasteiger partial charge < -0.3 is 9.47 Å². The number of ether oxygens (including phenoxy) is 2. The lowest BCUT2D eigenvalue weighted by Gasteiger charge is -2.15. The predicted octanol–water partition coefficient (Wildman–Crippen LogP) is 3.28. The molecule has 0 saturated carbocycles. The van der Waals surface area contributed by atoms with E-state index in [1.165, 1.54) is 13.0 Å². The van der Waals surface area contributed by atoms with E-state index in [0.29, 0.717) is 12.1 Å². The molecule has 4 nitrogen and oxygen atoms in total. The number of rotatable bonds is 5. The van der Waals surface area contributed by atoms with Crippen LogP contribution in [0, 0.1) is 11.3 Å². The summed E-state index contributed by atoms with van der Waals surface area (Å²) < 4.78 is 71.6. The molecule has 0 amide bonds. The van der Waals surface area contributed by atoms with E-state index in [1.807, 2.05) is 0 Å². The molecule has 1 aromatic rings. The minimum absolute atomic E-state index is 0.0338. The highest BCUT2D eigenvalue weighted by Crippen LogP contribution is 2.36. The fraction of sp³-hybridized carbons (Fsp3) is 0.385. The first-order chi connectivity index (χ1) is 10.2. The zero-order valence-electron chi connectivity index (χ0n) is 11.2. The molecule has 0 atom stereocenters. The van der Waals surface area contributed by atoms with Gasteiger partial charge in [-0.15, -0.1) is 0 Å². The first-order valence-electron chi connectivity index (χ1n) is 5.93. The number of nitriles is 1. The van der Waals surface area contributed by atoms with Gasteiger partial charge in [0.25, 0.3) is 0 Å². The Balaban J connectivity index is 3.39. The van der Waals surface area contributed by atoms with Crippen molar-refractivity contribution in [1.29, 1.82) is 5.26 Å². The monoisotopic (exact) mass is 323 g/mol. The van der Waals surface area contributed by atoms with Crippen molar-refractivity contribution in [2.24, 2.45) is 0 Å². The molecular weight excluding hydrogens is 313 g/mol. The van der Waals surface area contributed by atoms with Crippen molar-refractivity contribution in [3.05, 3.63) is 28.8 Å². The number of halogens is 5. The molecule has 0 aliphatic rings. The maximum absolute atomic E-state index is 12.7. The van der Waals surface area contributed by atoms with Crippen LogP contribution in [-0.4, -0.2) is 19.2 Å². The summed E-state index contributed by atoms with van der Waals surface area (Å²) in [6.45, 7) is -1.92. The number of benzene rings is 1. The van der Waals surface area contributed by atoms with Crippen LogP contribution in [0.2, 0.25) is 0 Å². The second-order valence-electron chi connectivity index (χ2n) is 3.98. The van der Waals surface area contributed by atoms with E-state index in [2.05, 4.69) is 9.47 Å². The van der Waals surface area contributed by atoms with Crippen LogP contribution in [0.25, 0.3) is 0 Å². The molecule has 9 heteroatoms. The van der Waals surface area contributed by atoms with E-state index in [0.717, 1.165) is 0 Å². The zero-order valence-corrected chi connectivity index (χ0v) is 11.2. The minimum Gasteiger partial charge on any atom is -0.466 e. The highest BCUT2D eigenvalue weighted by Gasteiger charge is 2.33. The van der Waals surface area contributed by atoms with Crippen LogP contribution >= 0.6 is 0 Å². The fourth-order valence-electron chi connectivity index (χ4n) is 1.66. The topological polar surface area (TPSA) is 59.3 Å². The number of esters is 1. The standard InChI is InChI=1S/C13H10F5NO3/c1-2-21-10(20)5-7-3-9(13(16,17)18)4-8(6-19)11(7)22-12(14)15/h3-4,12H,2,5H2,1H3. The summed E-state index contributed by atoms with van der Waals surface area (Å²) in [5.41, 5.74) is -2.48. The van der Waals surface area contributed by atoms with E-state index in [1.54, 1.807) is 0 Å². The van der Waals surface area contributed by atoms with E-state index >= 15 is 0 Å². The van der Waals surface area contributed by atoms with Gasteiger partial charge in [0.1, 0.15) is 11.8 Å². The maximum Gasteiger partial charge on any atom is 0.416 e. The molecule has 1 rings (SSSR count). The lowest BCUT2D eigenvalue weighted by atomic mass is 10.0. The smallest absolute Gasteiger partial charge is 0.416 e. The molecule has 0 unspecified atom stereocenters. The molecule has 0 heterocycles. The van der Waals surface area contributed by atoms with E-state index in [-0.39, 0.29) is 6.61 Å². The van der Waals surface area contributed by atoms with Gasteiger partial charge in [0.05, 0.1) is 24.2 Å². The summed E-state index contributed by atoms with van der Waals surface area (Å²) >= 11 is 0. The molecule has 0 fully saturated rings. The van der Waals surface area contributed by atoms with Crippen LogP contribution in [0.4, 0.5) is 22.0 Å². The van der Waals surface area contributed by atoms with Gasteiger partial charge in [0.15, 0.2) is 0 Å². The largest absolute Gasteiger partial charge is 0.466 e. The Bertz CT molecular complexity index is 593. The van der Waals surface area contributed by atoms with Crippen LogP contribution < -0.4 is 4.74 Å². The highest BCUT2D eigenvalue weighted by atomic mass is 19.4. The van der Waals surface area contributed by atoms with E-state index in [9.17, 15) is 26.7 Å². The van der Waals surface area contributed by atoms with Gasteiger partial charge >= 0.3 is 18.8 Å². The number of hydrogen-bond donors (Lipinski definition) is 0. The van der Waals surface area contributed by atoms with Gasteiger partial charge in [-0.1, -0.05) is 0 Å². The summed E-state index contributed by atoms with van der Waals surface area (Å²) in [7, 11) is 0. The Morgan fingerprint density at radius 2 is 2.00 bits per heavy atom. The first kappa shape index (κ1) is 17.7. The summed E-state index contributed by atoms with van der Waals surface area (Å²) in [6, 6.07) is 2.21. The molecule has 0 bridgehead atoms. The van der Waals surface area contributed by atoms with Gasteiger partial charge in [0.2, 0.25) is 0 Å². The summed E-state index contributed by atoms with van der Waals surface area (Å²) in [5, 5.41) is 8.83. The number of alkyl halides is 5. The Labute approximate surface area is 122 Å². The molecule has 0 N–H and O–H groups in total. The second kappa shape index (κ2) is 7.06. The van der Waals surface area contributed by atoms with Crippen molar-refractivity contribution in [3.8, 4) is 11.8 Å². The molecule has 120 valence electrons. The molecular formula is C13H10F5NO3. The van der Waals surface area contributed by atoms with Crippen LogP contribution in [0.15, 0.2) is 12.1 Å². The second-order valence-corrected chi connectivity index (χ2v) is 3.98. The predicted molar refractivity (Wildman–Crippen MR) is 63.1 cm³/mol. The molecule has 0 radical (unpaired) electrons. The maximum atomic E-state index is 12.7. The summed E-state index contributed by atoms with van der Waals surface area (Å²) in [5.74, 6) is -1.69. The van der Waals surface area contributed by atoms with Crippen LogP contribution in [0.5, 0.6) is 5.75 Å². The lowest BCUT2D eigenvalue weighted by Crippen LogP contribution is -2.14.